The number of carboxylic acids is 1. The van der Waals surface area contributed by atoms with E-state index >= 15 is 0 Å². The maximum Gasteiger partial charge on any atom is 0.400 e. The van der Waals surface area contributed by atoms with E-state index in [0.29, 0.717) is 24.1 Å². The Morgan fingerprint density at radius 1 is 1.25 bits per heavy atom. The summed E-state index contributed by atoms with van der Waals surface area (Å²) in [6.07, 6.45) is 0.993. The fourth-order valence-electron chi connectivity index (χ4n) is 5.97. The summed E-state index contributed by atoms with van der Waals surface area (Å²) in [4.78, 5) is 11.9. The van der Waals surface area contributed by atoms with Crippen molar-refractivity contribution in [2.45, 2.75) is 45.2 Å². The van der Waals surface area contributed by atoms with E-state index in [1.165, 1.54) is 12.1 Å². The van der Waals surface area contributed by atoms with Gasteiger partial charge in [-0.15, -0.1) is 0 Å². The fraction of sp³-hybridized carbons (Fsp3) is 0.417. The van der Waals surface area contributed by atoms with E-state index in [1.54, 1.807) is 29.1 Å². The first-order chi connectivity index (χ1) is 15.1. The molecular weight excluding hydrogens is 424 g/mol. The van der Waals surface area contributed by atoms with Gasteiger partial charge in [0.2, 0.25) is 0 Å². The number of carbonyl (C=O) groups is 1. The number of carbonyl (C=O) groups excluding carboxylic acids is 1. The van der Waals surface area contributed by atoms with Gasteiger partial charge < -0.3 is 9.90 Å². The van der Waals surface area contributed by atoms with Crippen LogP contribution in [0, 0.1) is 22.6 Å². The molecule has 0 spiro atoms. The van der Waals surface area contributed by atoms with Crippen LogP contribution in [0.5, 0.6) is 0 Å². The highest BCUT2D eigenvalue weighted by atomic mass is 19.4. The van der Waals surface area contributed by atoms with Crippen molar-refractivity contribution in [1.29, 1.82) is 0 Å². The molecule has 3 aliphatic rings. The molecule has 1 heterocycles. The van der Waals surface area contributed by atoms with Crippen LogP contribution in [0.1, 0.15) is 43.9 Å². The number of nitrogens with zero attached hydrogens (tertiary/aromatic N) is 2. The molecule has 0 saturated heterocycles. The van der Waals surface area contributed by atoms with E-state index in [2.05, 4.69) is 5.10 Å². The van der Waals surface area contributed by atoms with Gasteiger partial charge in [0.05, 0.1) is 23.5 Å². The second-order valence-electron chi connectivity index (χ2n) is 9.17. The lowest BCUT2D eigenvalue weighted by Gasteiger charge is -2.54. The minimum Gasteiger partial charge on any atom is -0.549 e. The Morgan fingerprint density at radius 3 is 2.62 bits per heavy atom. The van der Waals surface area contributed by atoms with Crippen LogP contribution in [0.4, 0.5) is 17.6 Å². The highest BCUT2D eigenvalue weighted by molar-refractivity contribution is 5.76. The van der Waals surface area contributed by atoms with Crippen molar-refractivity contribution in [3.63, 3.8) is 0 Å². The third-order valence-corrected chi connectivity index (χ3v) is 7.60. The summed E-state index contributed by atoms with van der Waals surface area (Å²) in [6, 6.07) is 5.93. The van der Waals surface area contributed by atoms with Gasteiger partial charge in [-0.2, -0.15) is 18.3 Å². The molecule has 1 fully saturated rings. The lowest BCUT2D eigenvalue weighted by molar-refractivity contribution is -0.350. The summed E-state index contributed by atoms with van der Waals surface area (Å²) in [5.41, 5.74) is 0.311. The lowest BCUT2D eigenvalue weighted by atomic mass is 9.51. The van der Waals surface area contributed by atoms with Crippen LogP contribution in [-0.2, 0) is 11.2 Å². The van der Waals surface area contributed by atoms with Gasteiger partial charge in [-0.05, 0) is 68.0 Å². The zero-order valence-electron chi connectivity index (χ0n) is 17.4. The average molecular weight is 445 g/mol. The smallest absolute Gasteiger partial charge is 0.400 e. The Labute approximate surface area is 182 Å². The molecule has 168 valence electrons. The summed E-state index contributed by atoms with van der Waals surface area (Å²) in [6.45, 7) is 1.90. The van der Waals surface area contributed by atoms with Crippen LogP contribution in [0.15, 0.2) is 47.7 Å². The quantitative estimate of drug-likeness (QED) is 0.509. The number of allylic oxidation sites excluding steroid dienone is 3. The maximum atomic E-state index is 14.1. The first kappa shape index (κ1) is 21.0. The van der Waals surface area contributed by atoms with E-state index in [0.717, 1.165) is 16.8 Å². The molecule has 2 aromatic rings. The molecule has 3 atom stereocenters. The topological polar surface area (TPSA) is 58.0 Å². The fourth-order valence-corrected chi connectivity index (χ4v) is 5.97. The highest BCUT2D eigenvalue weighted by Crippen LogP contribution is 2.63. The van der Waals surface area contributed by atoms with Crippen LogP contribution >= 0.6 is 0 Å². The van der Waals surface area contributed by atoms with Crippen LogP contribution < -0.4 is 5.11 Å². The maximum absolute atomic E-state index is 14.1. The number of alkyl halides is 3. The Morgan fingerprint density at radius 2 is 1.97 bits per heavy atom. The zero-order chi connectivity index (χ0) is 22.9. The molecule has 0 bridgehead atoms. The summed E-state index contributed by atoms with van der Waals surface area (Å²) in [5, 5.41) is 16.3. The summed E-state index contributed by atoms with van der Waals surface area (Å²) >= 11 is 0. The van der Waals surface area contributed by atoms with E-state index in [1.807, 2.05) is 13.0 Å². The molecule has 1 saturated carbocycles. The molecule has 0 N–H and O–H groups in total. The zero-order valence-corrected chi connectivity index (χ0v) is 17.4. The molecule has 5 rings (SSSR count). The Kier molecular flexibility index (Phi) is 4.45. The Balaban J connectivity index is 1.58. The van der Waals surface area contributed by atoms with E-state index in [-0.39, 0.29) is 18.7 Å². The van der Waals surface area contributed by atoms with E-state index in [9.17, 15) is 27.5 Å². The summed E-state index contributed by atoms with van der Waals surface area (Å²) in [5.74, 6) is -3.53. The molecule has 1 aromatic heterocycles. The van der Waals surface area contributed by atoms with E-state index in [4.69, 9.17) is 0 Å². The van der Waals surface area contributed by atoms with Crippen molar-refractivity contribution >= 4 is 12.0 Å². The van der Waals surface area contributed by atoms with Crippen molar-refractivity contribution in [1.82, 2.24) is 9.78 Å². The highest BCUT2D eigenvalue weighted by Gasteiger charge is 2.64. The van der Waals surface area contributed by atoms with Crippen LogP contribution in [0.25, 0.3) is 11.8 Å². The van der Waals surface area contributed by atoms with Gasteiger partial charge in [0.1, 0.15) is 11.2 Å². The molecule has 3 aliphatic carbocycles. The molecule has 0 radical (unpaired) electrons. The van der Waals surface area contributed by atoms with Gasteiger partial charge in [-0.1, -0.05) is 24.1 Å². The number of hydrogen-bond donors (Lipinski definition) is 0. The molecule has 8 heteroatoms. The van der Waals surface area contributed by atoms with E-state index < -0.39 is 35.3 Å². The van der Waals surface area contributed by atoms with Gasteiger partial charge in [0.25, 0.3) is 0 Å². The normalized spacial score (nSPS) is 29.3. The molecular formula is C24H21F4N2O2-. The van der Waals surface area contributed by atoms with Gasteiger partial charge in [-0.25, -0.2) is 9.07 Å². The number of rotatable bonds is 2. The predicted octanol–water partition coefficient (Wildman–Crippen LogP) is 4.39. The SMILES string of the molecule is C[C@]12Cc3cnn(-c4ccc(F)cc4)c3C=C1CC[C@H]1C2=CCCC1(C(=O)[O-])C(F)(F)F. The molecule has 32 heavy (non-hydrogen) atoms. The summed E-state index contributed by atoms with van der Waals surface area (Å²) in [7, 11) is 0. The van der Waals surface area contributed by atoms with Crippen LogP contribution in [0.3, 0.4) is 0 Å². The number of fused-ring (bicyclic) bond motifs is 4. The van der Waals surface area contributed by atoms with Crippen molar-refractivity contribution < 1.29 is 27.5 Å². The molecule has 0 aliphatic heterocycles. The largest absolute Gasteiger partial charge is 0.549 e. The first-order valence-electron chi connectivity index (χ1n) is 10.6. The second-order valence-corrected chi connectivity index (χ2v) is 9.17. The monoisotopic (exact) mass is 445 g/mol. The van der Waals surface area contributed by atoms with Gasteiger partial charge in [-0.3, -0.25) is 0 Å². The van der Waals surface area contributed by atoms with Crippen molar-refractivity contribution in [2.75, 3.05) is 0 Å². The third-order valence-electron chi connectivity index (χ3n) is 7.60. The van der Waals surface area contributed by atoms with Crippen LogP contribution in [-0.4, -0.2) is 21.9 Å². The number of benzene rings is 1. The lowest BCUT2D eigenvalue weighted by Crippen LogP contribution is -2.60. The van der Waals surface area contributed by atoms with Crippen LogP contribution in [0.2, 0.25) is 0 Å². The third kappa shape index (κ3) is 2.74. The second kappa shape index (κ2) is 6.80. The minimum absolute atomic E-state index is 0.0455. The molecule has 0 amide bonds. The van der Waals surface area contributed by atoms with Gasteiger partial charge >= 0.3 is 6.18 Å². The molecule has 1 unspecified atom stereocenters. The Bertz CT molecular complexity index is 1160. The number of carboxylic acid groups (broad SMARTS) is 1. The average Bonchev–Trinajstić information content (AvgIpc) is 3.13. The standard InChI is InChI=1S/C24H22F4N2O2/c1-22-12-14-13-29-30(17-7-5-16(25)6-8-17)20(14)11-15(22)4-9-19-18(22)3-2-10-23(19,21(31)32)24(26,27)28/h3,5-8,11,13,19H,2,4,9-10,12H2,1H3,(H,31,32)/p-1/t19-,22-,23?/m0/s1. The van der Waals surface area contributed by atoms with Crippen molar-refractivity contribution in [2.24, 2.45) is 16.7 Å². The number of hydrogen-bond acceptors (Lipinski definition) is 3. The minimum atomic E-state index is -4.89. The molecule has 4 nitrogen and oxygen atoms in total. The first-order valence-corrected chi connectivity index (χ1v) is 10.6. The number of aromatic nitrogens is 2. The van der Waals surface area contributed by atoms with Gasteiger partial charge in [0, 0.05) is 11.3 Å². The van der Waals surface area contributed by atoms with Crippen molar-refractivity contribution in [3.05, 3.63) is 64.8 Å². The predicted molar refractivity (Wildman–Crippen MR) is 107 cm³/mol. The Hall–Kier alpha value is -2.90. The van der Waals surface area contributed by atoms with Crippen molar-refractivity contribution in [3.8, 4) is 5.69 Å². The molecule has 1 aromatic carbocycles. The van der Waals surface area contributed by atoms with Gasteiger partial charge in [0.15, 0.2) is 0 Å². The number of halogens is 4. The summed E-state index contributed by atoms with van der Waals surface area (Å²) < 4.78 is 57.4. The number of aliphatic carboxylic acids is 1.